The largest absolute Gasteiger partial charge is 0.457 e. The molecule has 0 aliphatic heterocycles. The molecule has 1 atom stereocenters. The molecule has 0 amide bonds. The molecule has 0 N–H and O–H groups in total. The van der Waals surface area contributed by atoms with Crippen LogP contribution in [0.2, 0.25) is 0 Å². The van der Waals surface area contributed by atoms with Gasteiger partial charge >= 0.3 is 5.97 Å². The van der Waals surface area contributed by atoms with Gasteiger partial charge in [-0.2, -0.15) is 0 Å². The molecule has 0 fully saturated rings. The average molecular weight is 240 g/mol. The smallest absolute Gasteiger partial charge is 0.330 e. The minimum Gasteiger partial charge on any atom is -0.457 e. The van der Waals surface area contributed by atoms with E-state index in [9.17, 15) is 4.79 Å². The molecule has 0 aliphatic rings. The van der Waals surface area contributed by atoms with E-state index in [1.54, 1.807) is 6.08 Å². The lowest BCUT2D eigenvalue weighted by Crippen LogP contribution is -2.22. The van der Waals surface area contributed by atoms with Gasteiger partial charge in [0.2, 0.25) is 0 Å². The lowest BCUT2D eigenvalue weighted by molar-refractivity contribution is -0.148. The topological polar surface area (TPSA) is 26.3 Å². The molecular formula is C15H28O2. The molecule has 0 aromatic rings. The minimum atomic E-state index is -0.404. The van der Waals surface area contributed by atoms with E-state index in [0.717, 1.165) is 12.8 Å². The maximum absolute atomic E-state index is 11.4. The summed E-state index contributed by atoms with van der Waals surface area (Å²) in [4.78, 5) is 11.4. The predicted molar refractivity (Wildman–Crippen MR) is 72.8 cm³/mol. The molecule has 0 heterocycles. The fraction of sp³-hybridized carbons (Fsp3) is 0.800. The lowest BCUT2D eigenvalue weighted by atomic mass is 9.84. The Morgan fingerprint density at radius 3 is 2.12 bits per heavy atom. The summed E-state index contributed by atoms with van der Waals surface area (Å²) in [5, 5.41) is 0. The van der Waals surface area contributed by atoms with E-state index in [2.05, 4.69) is 27.7 Å². The van der Waals surface area contributed by atoms with E-state index in [0.29, 0.717) is 11.3 Å². The van der Waals surface area contributed by atoms with Crippen LogP contribution in [0.25, 0.3) is 0 Å². The summed E-state index contributed by atoms with van der Waals surface area (Å²) in [6.07, 6.45) is 5.55. The van der Waals surface area contributed by atoms with E-state index < -0.39 is 5.60 Å². The first-order valence-corrected chi connectivity index (χ1v) is 6.39. The molecule has 0 rings (SSSR count). The van der Waals surface area contributed by atoms with Gasteiger partial charge in [-0.15, -0.1) is 0 Å². The van der Waals surface area contributed by atoms with Crippen LogP contribution in [-0.2, 0) is 9.53 Å². The molecule has 0 aliphatic carbocycles. The molecule has 2 heteroatoms. The third-order valence-corrected chi connectivity index (χ3v) is 2.16. The molecule has 0 spiro atoms. The number of hydrogen-bond donors (Lipinski definition) is 0. The van der Waals surface area contributed by atoms with Crippen LogP contribution in [-0.4, -0.2) is 11.6 Å². The molecule has 0 saturated carbocycles. The summed E-state index contributed by atoms with van der Waals surface area (Å²) < 4.78 is 5.19. The van der Waals surface area contributed by atoms with Crippen molar-refractivity contribution in [3.05, 3.63) is 12.2 Å². The number of ether oxygens (including phenoxy) is 1. The van der Waals surface area contributed by atoms with Crippen LogP contribution in [0.4, 0.5) is 0 Å². The summed E-state index contributed by atoms with van der Waals surface area (Å²) in [5.41, 5.74) is -0.0579. The third kappa shape index (κ3) is 11.5. The maximum Gasteiger partial charge on any atom is 0.330 e. The number of esters is 1. The van der Waals surface area contributed by atoms with Gasteiger partial charge in [-0.1, -0.05) is 33.8 Å². The molecule has 0 aromatic carbocycles. The van der Waals surface area contributed by atoms with Gasteiger partial charge in [-0.05, 0) is 44.9 Å². The van der Waals surface area contributed by atoms with Gasteiger partial charge in [0, 0.05) is 6.08 Å². The van der Waals surface area contributed by atoms with Crippen molar-refractivity contribution in [2.75, 3.05) is 0 Å². The van der Waals surface area contributed by atoms with Gasteiger partial charge in [0.05, 0.1) is 0 Å². The zero-order valence-corrected chi connectivity index (χ0v) is 12.5. The molecule has 100 valence electrons. The highest BCUT2D eigenvalue weighted by Gasteiger charge is 2.15. The maximum atomic E-state index is 11.4. The highest BCUT2D eigenvalue weighted by atomic mass is 16.6. The quantitative estimate of drug-likeness (QED) is 0.539. The minimum absolute atomic E-state index is 0.250. The van der Waals surface area contributed by atoms with E-state index in [-0.39, 0.29) is 5.97 Å². The monoisotopic (exact) mass is 240 g/mol. The van der Waals surface area contributed by atoms with Crippen LogP contribution in [0, 0.1) is 11.3 Å². The average Bonchev–Trinajstić information content (AvgIpc) is 1.95. The normalized spacial score (nSPS) is 15.0. The Hall–Kier alpha value is -0.790. The van der Waals surface area contributed by atoms with E-state index in [4.69, 9.17) is 4.74 Å². The van der Waals surface area contributed by atoms with E-state index in [1.165, 1.54) is 0 Å². The Kier molecular flexibility index (Phi) is 5.94. The SMILES string of the molecule is CC(C/C=C/C(=O)OC(C)(C)C)CC(C)(C)C. The van der Waals surface area contributed by atoms with E-state index in [1.807, 2.05) is 26.8 Å². The highest BCUT2D eigenvalue weighted by Crippen LogP contribution is 2.26. The van der Waals surface area contributed by atoms with Gasteiger partial charge in [-0.3, -0.25) is 0 Å². The van der Waals surface area contributed by atoms with Gasteiger partial charge in [-0.25, -0.2) is 4.79 Å². The van der Waals surface area contributed by atoms with Crippen LogP contribution < -0.4 is 0 Å². The molecule has 0 aromatic heterocycles. The van der Waals surface area contributed by atoms with Gasteiger partial charge in [0.15, 0.2) is 0 Å². The van der Waals surface area contributed by atoms with Crippen LogP contribution in [0.5, 0.6) is 0 Å². The van der Waals surface area contributed by atoms with Crippen molar-refractivity contribution in [1.82, 2.24) is 0 Å². The number of rotatable bonds is 4. The first kappa shape index (κ1) is 16.2. The zero-order valence-electron chi connectivity index (χ0n) is 12.5. The summed E-state index contributed by atoms with van der Waals surface area (Å²) >= 11 is 0. The highest BCUT2D eigenvalue weighted by molar-refractivity contribution is 5.82. The molecule has 0 radical (unpaired) electrons. The van der Waals surface area contributed by atoms with Crippen molar-refractivity contribution in [3.63, 3.8) is 0 Å². The molecule has 0 saturated heterocycles. The molecule has 0 bridgehead atoms. The Labute approximate surface area is 106 Å². The summed E-state index contributed by atoms with van der Waals surface area (Å²) in [6.45, 7) is 14.6. The Bertz CT molecular complexity index is 264. The van der Waals surface area contributed by atoms with Crippen molar-refractivity contribution in [2.24, 2.45) is 11.3 Å². The number of carbonyl (C=O) groups is 1. The fourth-order valence-corrected chi connectivity index (χ4v) is 1.86. The van der Waals surface area contributed by atoms with Gasteiger partial charge in [0.1, 0.15) is 5.60 Å². The second-order valence-corrected chi connectivity index (χ2v) is 7.04. The van der Waals surface area contributed by atoms with Crippen molar-refractivity contribution >= 4 is 5.97 Å². The molecule has 1 unspecified atom stereocenters. The summed E-state index contributed by atoms with van der Waals surface area (Å²) in [6, 6.07) is 0. The van der Waals surface area contributed by atoms with Gasteiger partial charge in [0.25, 0.3) is 0 Å². The first-order chi connectivity index (χ1) is 7.49. The molecule has 17 heavy (non-hydrogen) atoms. The van der Waals surface area contributed by atoms with Crippen LogP contribution >= 0.6 is 0 Å². The third-order valence-electron chi connectivity index (χ3n) is 2.16. The summed E-state index contributed by atoms with van der Waals surface area (Å²) in [5.74, 6) is 0.342. The van der Waals surface area contributed by atoms with Crippen molar-refractivity contribution in [3.8, 4) is 0 Å². The van der Waals surface area contributed by atoms with Crippen LogP contribution in [0.15, 0.2) is 12.2 Å². The second-order valence-electron chi connectivity index (χ2n) is 7.04. The molecule has 2 nitrogen and oxygen atoms in total. The Balaban J connectivity index is 3.99. The molecular weight excluding hydrogens is 212 g/mol. The number of allylic oxidation sites excluding steroid dienone is 1. The number of carbonyl (C=O) groups excluding carboxylic acids is 1. The Morgan fingerprint density at radius 1 is 1.18 bits per heavy atom. The summed E-state index contributed by atoms with van der Waals surface area (Å²) in [7, 11) is 0. The zero-order chi connectivity index (χ0) is 13.7. The lowest BCUT2D eigenvalue weighted by Gasteiger charge is -2.22. The van der Waals surface area contributed by atoms with Crippen molar-refractivity contribution in [1.29, 1.82) is 0 Å². The van der Waals surface area contributed by atoms with Crippen molar-refractivity contribution < 1.29 is 9.53 Å². The van der Waals surface area contributed by atoms with Crippen LogP contribution in [0.1, 0.15) is 61.3 Å². The van der Waals surface area contributed by atoms with Crippen LogP contribution in [0.3, 0.4) is 0 Å². The standard InChI is InChI=1S/C15H28O2/c1-12(11-14(2,3)4)9-8-10-13(16)17-15(5,6)7/h8,10,12H,9,11H2,1-7H3/b10-8+. The first-order valence-electron chi connectivity index (χ1n) is 6.39. The number of hydrogen-bond acceptors (Lipinski definition) is 2. The van der Waals surface area contributed by atoms with Crippen molar-refractivity contribution in [2.45, 2.75) is 66.9 Å². The van der Waals surface area contributed by atoms with E-state index >= 15 is 0 Å². The second kappa shape index (κ2) is 6.23. The predicted octanol–water partition coefficient (Wildman–Crippen LogP) is 4.35. The fourth-order valence-electron chi connectivity index (χ4n) is 1.86. The Morgan fingerprint density at radius 2 is 1.71 bits per heavy atom. The van der Waals surface area contributed by atoms with Gasteiger partial charge < -0.3 is 4.74 Å².